The molecule has 0 spiro atoms. The molecule has 0 rings (SSSR count). The van der Waals surface area contributed by atoms with Crippen molar-refractivity contribution < 1.29 is 42.1 Å². The first kappa shape index (κ1) is 73.4. The van der Waals surface area contributed by atoms with E-state index in [4.69, 9.17) is 18.5 Å². The Morgan fingerprint density at radius 3 is 1.05 bits per heavy atom. The number of rotatable bonds is 52. The van der Waals surface area contributed by atoms with Crippen molar-refractivity contribution in [1.29, 1.82) is 0 Å². The normalized spacial score (nSPS) is 14.5. The zero-order valence-corrected chi connectivity index (χ0v) is 50.5. The predicted octanol–water partition coefficient (Wildman–Crippen LogP) is 19.0. The lowest BCUT2D eigenvalue weighted by Crippen LogP contribution is -2.37. The van der Waals surface area contributed by atoms with Gasteiger partial charge in [0.15, 0.2) is 6.10 Å². The molecule has 0 aliphatic rings. The van der Waals surface area contributed by atoms with Crippen molar-refractivity contribution in [3.63, 3.8) is 0 Å². The summed E-state index contributed by atoms with van der Waals surface area (Å²) < 4.78 is 34.4. The van der Waals surface area contributed by atoms with Crippen LogP contribution < -0.4 is 0 Å². The van der Waals surface area contributed by atoms with Gasteiger partial charge in [-0.2, -0.15) is 0 Å². The molecule has 0 aromatic carbocycles. The number of hydrogen-bond donors (Lipinski definition) is 1. The Hall–Kier alpha value is -4.63. The Kier molecular flexibility index (Phi) is 53.7. The average Bonchev–Trinajstić information content (AvgIpc) is 3.41. The fraction of sp³-hybridized carbons (Fsp3) is 0.559. The first-order chi connectivity index (χ1) is 38.0. The standard InChI is InChI=1S/C68H108NO8P/c1-6-8-10-12-14-16-18-20-22-23-24-25-26-27-28-29-30-31-32-33-34-35-36-37-38-39-40-41-42-43-44-45-47-49-51-53-55-57-59-61-68(71)77-66(65-76-78(72,73)75-63-62-69(3,4)5)64-74-67(70)60-58-56-54-52-50-48-46-21-19-17-15-13-11-9-7-2/h8-11,14-17,20-22,24-25,27-28,30-31,33-34,36-37,39-40,42-43,46,50,52,66H,6-7,12-13,18-19,23,26,29,32,35,38,41,44-45,47-49,51,53-65H2,1-5H3/p+1/b10-8-,11-9-,16-14-,17-15-,22-20-,25-24-,28-27-,31-30-,34-33-,37-36-,40-39-,43-42-,46-21-,52-50-. The molecular formula is C68H109NO8P+. The molecule has 78 heavy (non-hydrogen) atoms. The monoisotopic (exact) mass is 1100 g/mol. The van der Waals surface area contributed by atoms with Crippen LogP contribution in [0.25, 0.3) is 0 Å². The summed E-state index contributed by atoms with van der Waals surface area (Å²) in [5, 5.41) is 0. The van der Waals surface area contributed by atoms with Crippen LogP contribution in [-0.2, 0) is 32.7 Å². The van der Waals surface area contributed by atoms with Gasteiger partial charge in [0.1, 0.15) is 19.8 Å². The van der Waals surface area contributed by atoms with E-state index in [0.29, 0.717) is 23.9 Å². The SMILES string of the molecule is CC/C=C\C/C=C\C/C=C\C/C=C\C/C=C\C/C=C\C/C=C\C/C=C\C/C=C\C/C=C\CCCCCCCCCCC(=O)OC(COC(=O)CCCC/C=C\C/C=C\C/C=C\C/C=C\CC)COP(=O)(O)OCC[N+](C)(C)C. The first-order valence-electron chi connectivity index (χ1n) is 29.9. The maximum absolute atomic E-state index is 12.8. The Balaban J connectivity index is 4.18. The van der Waals surface area contributed by atoms with Gasteiger partial charge in [0.05, 0.1) is 27.7 Å². The second kappa shape index (κ2) is 57.1. The number of ether oxygens (including phenoxy) is 2. The number of carbonyl (C=O) groups excluding carboxylic acids is 2. The number of carbonyl (C=O) groups is 2. The van der Waals surface area contributed by atoms with E-state index in [1.807, 2.05) is 21.1 Å². The van der Waals surface area contributed by atoms with Gasteiger partial charge < -0.3 is 18.9 Å². The third-order valence-corrected chi connectivity index (χ3v) is 12.7. The van der Waals surface area contributed by atoms with Gasteiger partial charge in [0, 0.05) is 12.8 Å². The van der Waals surface area contributed by atoms with Gasteiger partial charge in [-0.3, -0.25) is 18.6 Å². The number of unbranched alkanes of at least 4 members (excludes halogenated alkanes) is 10. The van der Waals surface area contributed by atoms with Crippen LogP contribution >= 0.6 is 7.82 Å². The third kappa shape index (κ3) is 60.6. The van der Waals surface area contributed by atoms with Crippen molar-refractivity contribution in [1.82, 2.24) is 0 Å². The van der Waals surface area contributed by atoms with E-state index >= 15 is 0 Å². The molecule has 438 valence electrons. The molecule has 0 amide bonds. The highest BCUT2D eigenvalue weighted by atomic mass is 31.2. The number of phosphoric ester groups is 1. The summed E-state index contributed by atoms with van der Waals surface area (Å²) in [7, 11) is 1.42. The zero-order chi connectivity index (χ0) is 57.0. The number of nitrogens with zero attached hydrogens (tertiary/aromatic N) is 1. The molecule has 0 radical (unpaired) electrons. The van der Waals surface area contributed by atoms with Crippen molar-refractivity contribution in [2.75, 3.05) is 47.5 Å². The van der Waals surface area contributed by atoms with E-state index in [-0.39, 0.29) is 26.1 Å². The molecule has 1 N–H and O–H groups in total. The van der Waals surface area contributed by atoms with Crippen LogP contribution in [0.1, 0.15) is 194 Å². The largest absolute Gasteiger partial charge is 0.472 e. The lowest BCUT2D eigenvalue weighted by atomic mass is 10.1. The number of phosphoric acid groups is 1. The summed E-state index contributed by atoms with van der Waals surface area (Å²) in [5.74, 6) is -0.871. The summed E-state index contributed by atoms with van der Waals surface area (Å²) in [5.41, 5.74) is 0. The summed E-state index contributed by atoms with van der Waals surface area (Å²) in [6.45, 7) is 4.11. The molecule has 2 unspecified atom stereocenters. The lowest BCUT2D eigenvalue weighted by Gasteiger charge is -2.24. The number of allylic oxidation sites excluding steroid dienone is 28. The zero-order valence-electron chi connectivity index (χ0n) is 49.6. The van der Waals surface area contributed by atoms with Crippen LogP contribution in [0.3, 0.4) is 0 Å². The molecule has 0 heterocycles. The van der Waals surface area contributed by atoms with Crippen LogP contribution in [0.2, 0.25) is 0 Å². The van der Waals surface area contributed by atoms with Gasteiger partial charge >= 0.3 is 19.8 Å². The molecule has 0 saturated carbocycles. The summed E-state index contributed by atoms with van der Waals surface area (Å²) in [4.78, 5) is 35.6. The minimum atomic E-state index is -4.41. The molecule has 0 aromatic heterocycles. The highest BCUT2D eigenvalue weighted by Gasteiger charge is 2.27. The third-order valence-electron chi connectivity index (χ3n) is 11.7. The second-order valence-electron chi connectivity index (χ2n) is 20.3. The Morgan fingerprint density at radius 1 is 0.397 bits per heavy atom. The minimum absolute atomic E-state index is 0.0137. The molecular weight excluding hydrogens is 990 g/mol. The van der Waals surface area contributed by atoms with Gasteiger partial charge in [-0.15, -0.1) is 0 Å². The van der Waals surface area contributed by atoms with E-state index < -0.39 is 32.5 Å². The molecule has 0 bridgehead atoms. The molecule has 10 heteroatoms. The van der Waals surface area contributed by atoms with Gasteiger partial charge in [-0.1, -0.05) is 223 Å². The van der Waals surface area contributed by atoms with Crippen LogP contribution in [0.5, 0.6) is 0 Å². The van der Waals surface area contributed by atoms with Gasteiger partial charge in [0.25, 0.3) is 0 Å². The van der Waals surface area contributed by atoms with Crippen LogP contribution in [0.15, 0.2) is 170 Å². The highest BCUT2D eigenvalue weighted by molar-refractivity contribution is 7.47. The fourth-order valence-corrected chi connectivity index (χ4v) is 7.95. The molecule has 2 atom stereocenters. The Morgan fingerprint density at radius 2 is 0.692 bits per heavy atom. The Bertz CT molecular complexity index is 1920. The number of quaternary nitrogens is 1. The molecule has 0 saturated heterocycles. The van der Waals surface area contributed by atoms with Gasteiger partial charge in [-0.25, -0.2) is 4.57 Å². The van der Waals surface area contributed by atoms with Crippen LogP contribution in [0, 0.1) is 0 Å². The minimum Gasteiger partial charge on any atom is -0.462 e. The quantitative estimate of drug-likeness (QED) is 0.0211. The molecule has 0 fully saturated rings. The topological polar surface area (TPSA) is 108 Å². The smallest absolute Gasteiger partial charge is 0.462 e. The predicted molar refractivity (Wildman–Crippen MR) is 334 cm³/mol. The molecule has 0 aliphatic heterocycles. The lowest BCUT2D eigenvalue weighted by molar-refractivity contribution is -0.870. The van der Waals surface area contributed by atoms with Crippen molar-refractivity contribution >= 4 is 19.8 Å². The first-order valence-corrected chi connectivity index (χ1v) is 31.4. The van der Waals surface area contributed by atoms with E-state index in [0.717, 1.165) is 128 Å². The van der Waals surface area contributed by atoms with Crippen molar-refractivity contribution in [3.8, 4) is 0 Å². The van der Waals surface area contributed by atoms with Crippen molar-refractivity contribution in [2.24, 2.45) is 0 Å². The summed E-state index contributed by atoms with van der Waals surface area (Å²) >= 11 is 0. The molecule has 0 aromatic rings. The van der Waals surface area contributed by atoms with Crippen LogP contribution in [0.4, 0.5) is 0 Å². The van der Waals surface area contributed by atoms with E-state index in [1.54, 1.807) is 0 Å². The summed E-state index contributed by atoms with van der Waals surface area (Å²) in [6, 6.07) is 0. The number of esters is 2. The van der Waals surface area contributed by atoms with E-state index in [1.165, 1.54) is 25.7 Å². The highest BCUT2D eigenvalue weighted by Crippen LogP contribution is 2.43. The Labute approximate surface area is 477 Å². The average molecular weight is 1100 g/mol. The second-order valence-corrected chi connectivity index (χ2v) is 21.7. The van der Waals surface area contributed by atoms with Gasteiger partial charge in [-0.05, 0) is 128 Å². The van der Waals surface area contributed by atoms with Crippen LogP contribution in [-0.4, -0.2) is 74.9 Å². The number of likely N-dealkylation sites (N-methyl/N-ethyl adjacent to an activating group) is 1. The van der Waals surface area contributed by atoms with Gasteiger partial charge in [0.2, 0.25) is 0 Å². The van der Waals surface area contributed by atoms with Crippen molar-refractivity contribution in [2.45, 2.75) is 200 Å². The van der Waals surface area contributed by atoms with E-state index in [9.17, 15) is 19.0 Å². The maximum Gasteiger partial charge on any atom is 0.472 e. The maximum atomic E-state index is 12.8. The molecule has 9 nitrogen and oxygen atoms in total. The molecule has 0 aliphatic carbocycles. The fourth-order valence-electron chi connectivity index (χ4n) is 7.21. The summed E-state index contributed by atoms with van der Waals surface area (Å²) in [6.07, 6.45) is 87.3. The van der Waals surface area contributed by atoms with Crippen molar-refractivity contribution in [3.05, 3.63) is 170 Å². The number of hydrogen-bond acceptors (Lipinski definition) is 7. The van der Waals surface area contributed by atoms with E-state index in [2.05, 4.69) is 184 Å².